The molecule has 0 aromatic heterocycles. The van der Waals surface area contributed by atoms with Gasteiger partial charge in [0.1, 0.15) is 18.2 Å². The number of aromatic carboxylic acids is 1. The second-order valence-electron chi connectivity index (χ2n) is 6.07. The highest BCUT2D eigenvalue weighted by atomic mass is 16.5. The van der Waals surface area contributed by atoms with Gasteiger partial charge in [-0.05, 0) is 41.5 Å². The number of nitrogens with zero attached hydrogens (tertiary/aromatic N) is 2. The average Bonchev–Trinajstić information content (AvgIpc) is 2.70. The van der Waals surface area contributed by atoms with Crippen LogP contribution in [0, 0.1) is 11.3 Å². The van der Waals surface area contributed by atoms with Crippen LogP contribution in [0.5, 0.6) is 11.5 Å². The van der Waals surface area contributed by atoms with Crippen LogP contribution in [0.25, 0.3) is 6.08 Å². The number of ether oxygens (including phenoxy) is 2. The van der Waals surface area contributed by atoms with Crippen molar-refractivity contribution in [3.8, 4) is 17.6 Å². The zero-order valence-electron chi connectivity index (χ0n) is 15.8. The van der Waals surface area contributed by atoms with Gasteiger partial charge < -0.3 is 19.5 Å². The number of likely N-dealkylation sites (N-methyl/N-ethyl adjacent to an activating group) is 1. The first kappa shape index (κ1) is 20.5. The Morgan fingerprint density at radius 2 is 1.82 bits per heavy atom. The summed E-state index contributed by atoms with van der Waals surface area (Å²) in [7, 11) is 4.65. The number of hydrogen-bond donors (Lipinski definition) is 1. The highest BCUT2D eigenvalue weighted by Crippen LogP contribution is 2.29. The van der Waals surface area contributed by atoms with Gasteiger partial charge in [-0.3, -0.25) is 4.79 Å². The summed E-state index contributed by atoms with van der Waals surface area (Å²) in [6.07, 6.45) is 1.49. The van der Waals surface area contributed by atoms with E-state index in [2.05, 4.69) is 0 Å². The number of rotatable bonds is 7. The summed E-state index contributed by atoms with van der Waals surface area (Å²) in [5, 5.41) is 18.1. The van der Waals surface area contributed by atoms with E-state index in [0.29, 0.717) is 17.1 Å². The van der Waals surface area contributed by atoms with Gasteiger partial charge in [-0.15, -0.1) is 0 Å². The number of nitriles is 1. The Kier molecular flexibility index (Phi) is 6.77. The maximum Gasteiger partial charge on any atom is 0.335 e. The summed E-state index contributed by atoms with van der Waals surface area (Å²) in [5.74, 6) is -0.432. The summed E-state index contributed by atoms with van der Waals surface area (Å²) in [6, 6.07) is 13.4. The molecule has 0 aliphatic rings. The van der Waals surface area contributed by atoms with E-state index in [1.165, 1.54) is 30.2 Å². The van der Waals surface area contributed by atoms with Crippen LogP contribution >= 0.6 is 0 Å². The smallest absolute Gasteiger partial charge is 0.335 e. The van der Waals surface area contributed by atoms with Gasteiger partial charge in [-0.25, -0.2) is 4.79 Å². The number of carboxylic acid groups (broad SMARTS) is 1. The van der Waals surface area contributed by atoms with Crippen molar-refractivity contribution in [1.82, 2.24) is 4.90 Å². The summed E-state index contributed by atoms with van der Waals surface area (Å²) in [5.41, 5.74) is 1.65. The zero-order chi connectivity index (χ0) is 20.7. The molecule has 0 aliphatic carbocycles. The van der Waals surface area contributed by atoms with E-state index in [1.54, 1.807) is 44.4 Å². The van der Waals surface area contributed by atoms with Crippen LogP contribution in [-0.4, -0.2) is 43.1 Å². The fourth-order valence-corrected chi connectivity index (χ4v) is 2.35. The minimum atomic E-state index is -0.984. The standard InChI is InChI=1S/C21H20N2O5/c1-23(2)20(24)17(12-22)10-15-6-9-18(19(11-15)27-3)28-13-14-4-7-16(8-5-14)21(25)26/h4-11H,13H2,1-3H3,(H,25,26)/b17-10+. The minimum absolute atomic E-state index is 0.0132. The molecule has 7 nitrogen and oxygen atoms in total. The van der Waals surface area contributed by atoms with Gasteiger partial charge >= 0.3 is 5.97 Å². The number of benzene rings is 2. The van der Waals surface area contributed by atoms with Gasteiger partial charge in [0.2, 0.25) is 0 Å². The Bertz CT molecular complexity index is 940. The molecule has 0 aliphatic heterocycles. The van der Waals surface area contributed by atoms with E-state index in [4.69, 9.17) is 14.6 Å². The molecule has 1 amide bonds. The van der Waals surface area contributed by atoms with E-state index in [0.717, 1.165) is 5.56 Å². The van der Waals surface area contributed by atoms with Gasteiger partial charge in [0.15, 0.2) is 11.5 Å². The van der Waals surface area contributed by atoms with Gasteiger partial charge in [-0.2, -0.15) is 5.26 Å². The van der Waals surface area contributed by atoms with Gasteiger partial charge in [-0.1, -0.05) is 18.2 Å². The lowest BCUT2D eigenvalue weighted by Crippen LogP contribution is -2.22. The van der Waals surface area contributed by atoms with Crippen LogP contribution in [0.1, 0.15) is 21.5 Å². The maximum atomic E-state index is 12.0. The third kappa shape index (κ3) is 5.11. The monoisotopic (exact) mass is 380 g/mol. The molecule has 0 bridgehead atoms. The first-order chi connectivity index (χ1) is 13.3. The summed E-state index contributed by atoms with van der Waals surface area (Å²) in [4.78, 5) is 24.2. The molecule has 0 atom stereocenters. The number of amides is 1. The zero-order valence-corrected chi connectivity index (χ0v) is 15.8. The Hall–Kier alpha value is -3.79. The van der Waals surface area contributed by atoms with Crippen LogP contribution < -0.4 is 9.47 Å². The summed E-state index contributed by atoms with van der Waals surface area (Å²) in [6.45, 7) is 0.230. The van der Waals surface area contributed by atoms with Crippen molar-refractivity contribution in [2.24, 2.45) is 0 Å². The van der Waals surface area contributed by atoms with Gasteiger partial charge in [0.05, 0.1) is 12.7 Å². The quantitative estimate of drug-likeness (QED) is 0.585. The van der Waals surface area contributed by atoms with E-state index in [9.17, 15) is 14.9 Å². The largest absolute Gasteiger partial charge is 0.493 e. The Balaban J connectivity index is 2.17. The van der Waals surface area contributed by atoms with Crippen LogP contribution in [-0.2, 0) is 11.4 Å². The predicted molar refractivity (Wildman–Crippen MR) is 103 cm³/mol. The lowest BCUT2D eigenvalue weighted by Gasteiger charge is -2.12. The molecule has 0 fully saturated rings. The molecule has 28 heavy (non-hydrogen) atoms. The van der Waals surface area contributed by atoms with Crippen molar-refractivity contribution >= 4 is 18.0 Å². The molecule has 2 rings (SSSR count). The average molecular weight is 380 g/mol. The molecule has 0 spiro atoms. The van der Waals surface area contributed by atoms with Crippen molar-refractivity contribution in [2.45, 2.75) is 6.61 Å². The summed E-state index contributed by atoms with van der Waals surface area (Å²) >= 11 is 0. The van der Waals surface area contributed by atoms with Crippen molar-refractivity contribution < 1.29 is 24.2 Å². The molecule has 1 N–H and O–H groups in total. The number of hydrogen-bond acceptors (Lipinski definition) is 5. The highest BCUT2D eigenvalue weighted by molar-refractivity contribution is 6.01. The lowest BCUT2D eigenvalue weighted by atomic mass is 10.1. The van der Waals surface area contributed by atoms with Crippen molar-refractivity contribution in [2.75, 3.05) is 21.2 Å². The highest BCUT2D eigenvalue weighted by Gasteiger charge is 2.12. The Labute approximate surface area is 163 Å². The van der Waals surface area contributed by atoms with Crippen LogP contribution in [0.3, 0.4) is 0 Å². The molecular weight excluding hydrogens is 360 g/mol. The summed E-state index contributed by atoms with van der Waals surface area (Å²) < 4.78 is 11.1. The number of carbonyl (C=O) groups is 2. The first-order valence-electron chi connectivity index (χ1n) is 8.32. The fraction of sp³-hybridized carbons (Fsp3) is 0.190. The normalized spacial score (nSPS) is 10.7. The topological polar surface area (TPSA) is 99.9 Å². The van der Waals surface area contributed by atoms with Crippen molar-refractivity contribution in [3.05, 3.63) is 64.7 Å². The molecule has 0 radical (unpaired) electrons. The second kappa shape index (κ2) is 9.24. The van der Waals surface area contributed by atoms with E-state index in [-0.39, 0.29) is 23.7 Å². The molecule has 144 valence electrons. The van der Waals surface area contributed by atoms with Crippen LogP contribution in [0.15, 0.2) is 48.0 Å². The first-order valence-corrected chi connectivity index (χ1v) is 8.32. The fourth-order valence-electron chi connectivity index (χ4n) is 2.35. The molecule has 0 unspecified atom stereocenters. The van der Waals surface area contributed by atoms with Crippen molar-refractivity contribution in [3.63, 3.8) is 0 Å². The van der Waals surface area contributed by atoms with E-state index in [1.807, 2.05) is 6.07 Å². The number of carbonyl (C=O) groups excluding carboxylic acids is 1. The molecule has 0 saturated carbocycles. The SMILES string of the molecule is COc1cc(/C=C(\C#N)C(=O)N(C)C)ccc1OCc1ccc(C(=O)O)cc1. The van der Waals surface area contributed by atoms with E-state index < -0.39 is 5.97 Å². The minimum Gasteiger partial charge on any atom is -0.493 e. The van der Waals surface area contributed by atoms with Crippen LogP contribution in [0.2, 0.25) is 0 Å². The Morgan fingerprint density at radius 1 is 1.14 bits per heavy atom. The Morgan fingerprint density at radius 3 is 2.36 bits per heavy atom. The third-order valence-electron chi connectivity index (χ3n) is 3.85. The maximum absolute atomic E-state index is 12.0. The lowest BCUT2D eigenvalue weighted by molar-refractivity contribution is -0.124. The van der Waals surface area contributed by atoms with Crippen LogP contribution in [0.4, 0.5) is 0 Å². The number of carboxylic acids is 1. The molecule has 2 aromatic rings. The van der Waals surface area contributed by atoms with E-state index >= 15 is 0 Å². The molecule has 7 heteroatoms. The number of methoxy groups -OCH3 is 1. The molecule has 2 aromatic carbocycles. The predicted octanol–water partition coefficient (Wildman–Crippen LogP) is 2.97. The van der Waals surface area contributed by atoms with Crippen molar-refractivity contribution in [1.29, 1.82) is 5.26 Å². The molecular formula is C21H20N2O5. The second-order valence-corrected chi connectivity index (χ2v) is 6.07. The van der Waals surface area contributed by atoms with Gasteiger partial charge in [0.25, 0.3) is 5.91 Å². The molecule has 0 saturated heterocycles. The third-order valence-corrected chi connectivity index (χ3v) is 3.85. The van der Waals surface area contributed by atoms with Gasteiger partial charge in [0, 0.05) is 14.1 Å². The molecule has 0 heterocycles.